The Balaban J connectivity index is 1.17. The first-order valence-corrected chi connectivity index (χ1v) is 12.7. The number of carboxylic acid groups (broad SMARTS) is 1. The number of carboxylic acids is 1. The van der Waals surface area contributed by atoms with Crippen LogP contribution >= 0.6 is 0 Å². The van der Waals surface area contributed by atoms with Gasteiger partial charge in [-0.2, -0.15) is 0 Å². The van der Waals surface area contributed by atoms with Crippen molar-refractivity contribution < 1.29 is 23.8 Å². The minimum Gasteiger partial charge on any atom is -0.480 e. The summed E-state index contributed by atoms with van der Waals surface area (Å²) >= 11 is 0. The van der Waals surface area contributed by atoms with E-state index < -0.39 is 18.1 Å². The summed E-state index contributed by atoms with van der Waals surface area (Å²) in [6.07, 6.45) is 1.02. The van der Waals surface area contributed by atoms with Gasteiger partial charge in [0, 0.05) is 29.5 Å². The fraction of sp³-hybridized carbons (Fsp3) is 0.125. The lowest BCUT2D eigenvalue weighted by molar-refractivity contribution is -0.139. The molecular weight excluding hydrogens is 495 g/mol. The van der Waals surface area contributed by atoms with E-state index >= 15 is 0 Å². The zero-order valence-corrected chi connectivity index (χ0v) is 20.9. The maximum Gasteiger partial charge on any atom is 0.407 e. The zero-order valence-electron chi connectivity index (χ0n) is 20.9. The fourth-order valence-electron chi connectivity index (χ4n) is 5.45. The van der Waals surface area contributed by atoms with Crippen LogP contribution in [0.15, 0.2) is 97.2 Å². The van der Waals surface area contributed by atoms with Crippen LogP contribution in [0.1, 0.15) is 22.6 Å². The number of carbonyl (C=O) groups is 2. The zero-order chi connectivity index (χ0) is 26.9. The van der Waals surface area contributed by atoms with Crippen LogP contribution in [0.2, 0.25) is 0 Å². The first-order valence-electron chi connectivity index (χ1n) is 12.7. The molecule has 194 valence electrons. The molecule has 1 aliphatic carbocycles. The van der Waals surface area contributed by atoms with E-state index in [0.717, 1.165) is 49.8 Å². The number of amides is 1. The number of nitrogens with one attached hydrogen (secondary N) is 2. The van der Waals surface area contributed by atoms with Crippen molar-refractivity contribution in [1.29, 1.82) is 0 Å². The molecule has 1 aromatic heterocycles. The van der Waals surface area contributed by atoms with Gasteiger partial charge in [-0.15, -0.1) is 0 Å². The molecule has 1 amide bonds. The smallest absolute Gasteiger partial charge is 0.407 e. The number of aromatic amines is 1. The van der Waals surface area contributed by atoms with Gasteiger partial charge in [-0.25, -0.2) is 14.0 Å². The van der Waals surface area contributed by atoms with Crippen LogP contribution in [0.3, 0.4) is 0 Å². The summed E-state index contributed by atoms with van der Waals surface area (Å²) in [5, 5.41) is 13.2. The molecule has 0 bridgehead atoms. The predicted octanol–water partition coefficient (Wildman–Crippen LogP) is 6.51. The quantitative estimate of drug-likeness (QED) is 0.228. The highest BCUT2D eigenvalue weighted by Crippen LogP contribution is 2.44. The Morgan fingerprint density at radius 2 is 1.51 bits per heavy atom. The Labute approximate surface area is 224 Å². The lowest BCUT2D eigenvalue weighted by atomic mass is 9.98. The number of aliphatic carboxylic acids is 1. The van der Waals surface area contributed by atoms with Crippen molar-refractivity contribution in [1.82, 2.24) is 10.3 Å². The summed E-state index contributed by atoms with van der Waals surface area (Å²) in [6.45, 7) is 0.0975. The average molecular weight is 521 g/mol. The minimum atomic E-state index is -1.19. The largest absolute Gasteiger partial charge is 0.480 e. The number of benzene rings is 4. The van der Waals surface area contributed by atoms with E-state index in [1.165, 1.54) is 12.1 Å². The molecule has 1 heterocycles. The van der Waals surface area contributed by atoms with E-state index in [0.29, 0.717) is 0 Å². The van der Waals surface area contributed by atoms with Crippen molar-refractivity contribution in [3.63, 3.8) is 0 Å². The maximum absolute atomic E-state index is 13.4. The fourth-order valence-corrected chi connectivity index (χ4v) is 5.45. The first kappa shape index (κ1) is 24.4. The molecule has 0 aliphatic heterocycles. The number of fused-ring (bicyclic) bond motifs is 4. The molecular formula is C32H25FN2O4. The predicted molar refractivity (Wildman–Crippen MR) is 147 cm³/mol. The van der Waals surface area contributed by atoms with Crippen LogP contribution in [0.5, 0.6) is 0 Å². The summed E-state index contributed by atoms with van der Waals surface area (Å²) in [7, 11) is 0. The Kier molecular flexibility index (Phi) is 6.32. The van der Waals surface area contributed by atoms with Gasteiger partial charge in [0.25, 0.3) is 0 Å². The summed E-state index contributed by atoms with van der Waals surface area (Å²) in [5.74, 6) is -1.60. The number of H-pyrrole nitrogens is 1. The normalized spacial score (nSPS) is 13.1. The van der Waals surface area contributed by atoms with Crippen LogP contribution in [-0.2, 0) is 16.0 Å². The summed E-state index contributed by atoms with van der Waals surface area (Å²) in [4.78, 5) is 28.1. The first-order chi connectivity index (χ1) is 19.0. The van der Waals surface area contributed by atoms with Gasteiger partial charge in [-0.1, -0.05) is 78.9 Å². The lowest BCUT2D eigenvalue weighted by Gasteiger charge is -2.17. The Hall–Kier alpha value is -4.91. The molecule has 6 nitrogen and oxygen atoms in total. The molecule has 0 spiro atoms. The third kappa shape index (κ3) is 4.63. The number of para-hydroxylation sites is 1. The topological polar surface area (TPSA) is 91.4 Å². The standard InChI is InChI=1S/C32H25FN2O4/c33-21-14-12-19(13-15-21)22-10-5-11-23-20(17-34-30(22)23)16-29(31(36)37)35-32(38)39-18-28-26-8-3-1-6-24(26)25-7-2-4-9-27(25)28/h1-15,17,28-29,34H,16,18H2,(H,35,38)(H,36,37)/t29-/m0/s1. The van der Waals surface area contributed by atoms with E-state index in [9.17, 15) is 19.1 Å². The minimum absolute atomic E-state index is 0.0619. The molecule has 0 saturated carbocycles. The van der Waals surface area contributed by atoms with E-state index in [1.54, 1.807) is 18.3 Å². The SMILES string of the molecule is O=C(N[C@@H](Cc1c[nH]c2c(-c3ccc(F)cc3)cccc12)C(=O)O)OCC1c2ccccc2-c2ccccc21. The van der Waals surface area contributed by atoms with E-state index in [2.05, 4.69) is 22.4 Å². The monoisotopic (exact) mass is 520 g/mol. The average Bonchev–Trinajstić information content (AvgIpc) is 3.51. The van der Waals surface area contributed by atoms with Gasteiger partial charge in [0.1, 0.15) is 18.5 Å². The van der Waals surface area contributed by atoms with Crippen LogP contribution in [0.25, 0.3) is 33.2 Å². The van der Waals surface area contributed by atoms with Gasteiger partial charge < -0.3 is 20.1 Å². The second-order valence-electron chi connectivity index (χ2n) is 9.61. The van der Waals surface area contributed by atoms with Crippen LogP contribution < -0.4 is 5.32 Å². The van der Waals surface area contributed by atoms with Crippen molar-refractivity contribution in [2.75, 3.05) is 6.61 Å². The van der Waals surface area contributed by atoms with Crippen molar-refractivity contribution >= 4 is 23.0 Å². The highest BCUT2D eigenvalue weighted by molar-refractivity contribution is 5.96. The van der Waals surface area contributed by atoms with E-state index in [4.69, 9.17) is 4.74 Å². The van der Waals surface area contributed by atoms with Gasteiger partial charge in [0.2, 0.25) is 0 Å². The molecule has 39 heavy (non-hydrogen) atoms. The summed E-state index contributed by atoms with van der Waals surface area (Å²) in [6, 6.07) is 26.7. The van der Waals surface area contributed by atoms with Crippen LogP contribution in [-0.4, -0.2) is 34.8 Å². The molecule has 7 heteroatoms. The van der Waals surface area contributed by atoms with Gasteiger partial charge in [0.05, 0.1) is 5.52 Å². The molecule has 3 N–H and O–H groups in total. The van der Waals surface area contributed by atoms with Crippen LogP contribution in [0.4, 0.5) is 9.18 Å². The van der Waals surface area contributed by atoms with Gasteiger partial charge in [0.15, 0.2) is 0 Å². The second-order valence-corrected chi connectivity index (χ2v) is 9.61. The molecule has 6 rings (SSSR count). The van der Waals surface area contributed by atoms with Crippen molar-refractivity contribution in [2.24, 2.45) is 0 Å². The molecule has 0 fully saturated rings. The number of carbonyl (C=O) groups excluding carboxylic acids is 1. The molecule has 1 atom stereocenters. The van der Waals surface area contributed by atoms with Gasteiger partial charge >= 0.3 is 12.1 Å². The Morgan fingerprint density at radius 3 is 2.18 bits per heavy atom. The molecule has 0 radical (unpaired) electrons. The van der Waals surface area contributed by atoms with E-state index in [1.807, 2.05) is 54.6 Å². The third-order valence-corrected chi connectivity index (χ3v) is 7.31. The third-order valence-electron chi connectivity index (χ3n) is 7.31. The molecule has 4 aromatic carbocycles. The highest BCUT2D eigenvalue weighted by Gasteiger charge is 2.30. The molecule has 0 saturated heterocycles. The van der Waals surface area contributed by atoms with Crippen molar-refractivity contribution in [3.05, 3.63) is 120 Å². The summed E-state index contributed by atoms with van der Waals surface area (Å²) < 4.78 is 19.0. The number of aromatic nitrogens is 1. The Bertz CT molecular complexity index is 1650. The maximum atomic E-state index is 13.4. The van der Waals surface area contributed by atoms with Gasteiger partial charge in [-0.05, 0) is 45.5 Å². The number of halogens is 1. The lowest BCUT2D eigenvalue weighted by Crippen LogP contribution is -2.42. The van der Waals surface area contributed by atoms with E-state index in [-0.39, 0.29) is 24.8 Å². The second kappa shape index (κ2) is 10.1. The molecule has 1 aliphatic rings. The summed E-state index contributed by atoms with van der Waals surface area (Å²) in [5.41, 5.74) is 7.64. The van der Waals surface area contributed by atoms with Crippen LogP contribution in [0, 0.1) is 5.82 Å². The highest BCUT2D eigenvalue weighted by atomic mass is 19.1. The number of hydrogen-bond donors (Lipinski definition) is 3. The molecule has 5 aromatic rings. The van der Waals surface area contributed by atoms with Crippen molar-refractivity contribution in [2.45, 2.75) is 18.4 Å². The van der Waals surface area contributed by atoms with Gasteiger partial charge in [-0.3, -0.25) is 0 Å². The Morgan fingerprint density at radius 1 is 0.872 bits per heavy atom. The molecule has 0 unspecified atom stereocenters. The number of rotatable bonds is 7. The number of alkyl carbamates (subject to hydrolysis) is 1. The number of hydrogen-bond acceptors (Lipinski definition) is 3. The van der Waals surface area contributed by atoms with Crippen molar-refractivity contribution in [3.8, 4) is 22.3 Å². The number of ether oxygens (including phenoxy) is 1.